The lowest BCUT2D eigenvalue weighted by atomic mass is 9.85. The molecule has 0 aliphatic heterocycles. The first kappa shape index (κ1) is 11.4. The van der Waals surface area contributed by atoms with E-state index in [1.165, 1.54) is 12.1 Å². The van der Waals surface area contributed by atoms with Gasteiger partial charge in [-0.1, -0.05) is 6.42 Å². The summed E-state index contributed by atoms with van der Waals surface area (Å²) in [5, 5.41) is 4.43. The number of rotatable bonds is 3. The summed E-state index contributed by atoms with van der Waals surface area (Å²) < 4.78 is 2.03. The van der Waals surface area contributed by atoms with Crippen molar-refractivity contribution in [2.45, 2.75) is 52.5 Å². The number of nitrogens with zero attached hydrogens (tertiary/aromatic N) is 2. The Morgan fingerprint density at radius 1 is 1.50 bits per heavy atom. The first-order chi connectivity index (χ1) is 7.70. The summed E-state index contributed by atoms with van der Waals surface area (Å²) >= 11 is 0. The number of Topliss-reactive ketones (excluding diaryl/α,β-unsaturated/α-hetero) is 1. The normalized spacial score (nSPS) is 21.4. The number of carbonyl (C=O) groups is 1. The molecular weight excluding hydrogens is 200 g/mol. The number of ketones is 1. The van der Waals surface area contributed by atoms with Crippen LogP contribution in [-0.2, 0) is 17.8 Å². The molecule has 0 saturated heterocycles. The van der Waals surface area contributed by atoms with Gasteiger partial charge in [-0.3, -0.25) is 9.48 Å². The van der Waals surface area contributed by atoms with E-state index >= 15 is 0 Å². The van der Waals surface area contributed by atoms with Crippen molar-refractivity contribution in [3.63, 3.8) is 0 Å². The lowest BCUT2D eigenvalue weighted by Gasteiger charge is -2.20. The molecule has 0 bridgehead atoms. The van der Waals surface area contributed by atoms with Crippen molar-refractivity contribution in [3.05, 3.63) is 17.5 Å². The second-order valence-electron chi connectivity index (χ2n) is 4.71. The SMILES string of the molecule is CCn1nc(C)cc1CC1CCCCC1=O. The van der Waals surface area contributed by atoms with Gasteiger partial charge in [-0.05, 0) is 39.2 Å². The Hall–Kier alpha value is -1.12. The zero-order valence-electron chi connectivity index (χ0n) is 10.2. The summed E-state index contributed by atoms with van der Waals surface area (Å²) in [6.45, 7) is 5.00. The van der Waals surface area contributed by atoms with E-state index < -0.39 is 0 Å². The molecule has 1 atom stereocenters. The van der Waals surface area contributed by atoms with Gasteiger partial charge in [0.25, 0.3) is 0 Å². The molecule has 1 aliphatic carbocycles. The van der Waals surface area contributed by atoms with E-state index in [1.807, 2.05) is 11.6 Å². The highest BCUT2D eigenvalue weighted by Gasteiger charge is 2.23. The minimum absolute atomic E-state index is 0.246. The monoisotopic (exact) mass is 220 g/mol. The molecule has 3 nitrogen and oxygen atoms in total. The first-order valence-electron chi connectivity index (χ1n) is 6.26. The lowest BCUT2D eigenvalue weighted by molar-refractivity contribution is -0.124. The van der Waals surface area contributed by atoms with Crippen LogP contribution in [0, 0.1) is 12.8 Å². The molecule has 1 saturated carbocycles. The van der Waals surface area contributed by atoms with Gasteiger partial charge in [0.15, 0.2) is 0 Å². The summed E-state index contributed by atoms with van der Waals surface area (Å²) in [7, 11) is 0. The predicted molar refractivity (Wildman–Crippen MR) is 63.3 cm³/mol. The Balaban J connectivity index is 2.09. The topological polar surface area (TPSA) is 34.9 Å². The fourth-order valence-electron chi connectivity index (χ4n) is 2.56. The smallest absolute Gasteiger partial charge is 0.136 e. The first-order valence-corrected chi connectivity index (χ1v) is 6.26. The summed E-state index contributed by atoms with van der Waals surface area (Å²) in [6.07, 6.45) is 5.02. The van der Waals surface area contributed by atoms with Crippen molar-refractivity contribution < 1.29 is 4.79 Å². The van der Waals surface area contributed by atoms with Gasteiger partial charge in [0.1, 0.15) is 5.78 Å². The van der Waals surface area contributed by atoms with Crippen LogP contribution in [0.5, 0.6) is 0 Å². The lowest BCUT2D eigenvalue weighted by Crippen LogP contribution is -2.22. The maximum Gasteiger partial charge on any atom is 0.136 e. The van der Waals surface area contributed by atoms with Gasteiger partial charge in [-0.15, -0.1) is 0 Å². The molecular formula is C13H20N2O. The van der Waals surface area contributed by atoms with E-state index in [2.05, 4.69) is 18.1 Å². The highest BCUT2D eigenvalue weighted by Crippen LogP contribution is 2.24. The third-order valence-corrected chi connectivity index (χ3v) is 3.42. The van der Waals surface area contributed by atoms with E-state index in [-0.39, 0.29) is 5.92 Å². The molecule has 1 fully saturated rings. The molecule has 0 radical (unpaired) electrons. The zero-order valence-corrected chi connectivity index (χ0v) is 10.2. The summed E-state index contributed by atoms with van der Waals surface area (Å²) in [5.74, 6) is 0.697. The third-order valence-electron chi connectivity index (χ3n) is 3.42. The Kier molecular flexibility index (Phi) is 3.42. The van der Waals surface area contributed by atoms with Crippen molar-refractivity contribution >= 4 is 5.78 Å². The van der Waals surface area contributed by atoms with Crippen LogP contribution in [0.4, 0.5) is 0 Å². The highest BCUT2D eigenvalue weighted by molar-refractivity contribution is 5.81. The van der Waals surface area contributed by atoms with Gasteiger partial charge < -0.3 is 0 Å². The molecule has 1 unspecified atom stereocenters. The van der Waals surface area contributed by atoms with Gasteiger partial charge in [0, 0.05) is 24.6 Å². The van der Waals surface area contributed by atoms with Gasteiger partial charge in [0.2, 0.25) is 0 Å². The predicted octanol–water partition coefficient (Wildman–Crippen LogP) is 2.51. The Morgan fingerprint density at radius 2 is 2.31 bits per heavy atom. The average Bonchev–Trinajstić information content (AvgIpc) is 2.62. The summed E-state index contributed by atoms with van der Waals surface area (Å²) in [6, 6.07) is 2.12. The molecule has 0 N–H and O–H groups in total. The van der Waals surface area contributed by atoms with Crippen LogP contribution >= 0.6 is 0 Å². The molecule has 0 aromatic carbocycles. The van der Waals surface area contributed by atoms with E-state index in [1.54, 1.807) is 0 Å². The van der Waals surface area contributed by atoms with Crippen LogP contribution < -0.4 is 0 Å². The molecule has 3 heteroatoms. The van der Waals surface area contributed by atoms with Crippen LogP contribution in [0.1, 0.15) is 44.0 Å². The van der Waals surface area contributed by atoms with Gasteiger partial charge in [-0.25, -0.2) is 0 Å². The molecule has 0 amide bonds. The van der Waals surface area contributed by atoms with Crippen molar-refractivity contribution in [1.82, 2.24) is 9.78 Å². The minimum Gasteiger partial charge on any atom is -0.299 e. The third kappa shape index (κ3) is 2.34. The molecule has 1 aromatic heterocycles. The molecule has 16 heavy (non-hydrogen) atoms. The van der Waals surface area contributed by atoms with Gasteiger partial charge in [0.05, 0.1) is 5.69 Å². The maximum atomic E-state index is 11.8. The Bertz CT molecular complexity index is 381. The van der Waals surface area contributed by atoms with Crippen molar-refractivity contribution in [2.75, 3.05) is 0 Å². The molecule has 88 valence electrons. The molecule has 1 aliphatic rings. The van der Waals surface area contributed by atoms with Crippen LogP contribution in [0.15, 0.2) is 6.07 Å². The molecule has 2 rings (SSSR count). The van der Waals surface area contributed by atoms with E-state index in [0.29, 0.717) is 5.78 Å². The Morgan fingerprint density at radius 3 is 3.00 bits per heavy atom. The number of aromatic nitrogens is 2. The number of aryl methyl sites for hydroxylation is 2. The van der Waals surface area contributed by atoms with E-state index in [0.717, 1.165) is 37.9 Å². The second kappa shape index (κ2) is 4.81. The Labute approximate surface area is 96.8 Å². The van der Waals surface area contributed by atoms with Crippen LogP contribution in [0.25, 0.3) is 0 Å². The molecule has 1 aromatic rings. The van der Waals surface area contributed by atoms with Gasteiger partial charge in [-0.2, -0.15) is 5.10 Å². The van der Waals surface area contributed by atoms with Crippen molar-refractivity contribution in [3.8, 4) is 0 Å². The standard InChI is InChI=1S/C13H20N2O/c1-3-15-12(8-10(2)14-15)9-11-6-4-5-7-13(11)16/h8,11H,3-7,9H2,1-2H3. The molecule has 0 spiro atoms. The zero-order chi connectivity index (χ0) is 11.5. The second-order valence-corrected chi connectivity index (χ2v) is 4.71. The highest BCUT2D eigenvalue weighted by atomic mass is 16.1. The quantitative estimate of drug-likeness (QED) is 0.784. The van der Waals surface area contributed by atoms with E-state index in [4.69, 9.17) is 0 Å². The van der Waals surface area contributed by atoms with E-state index in [9.17, 15) is 4.79 Å². The number of hydrogen-bond acceptors (Lipinski definition) is 2. The fraction of sp³-hybridized carbons (Fsp3) is 0.692. The molecule has 1 heterocycles. The van der Waals surface area contributed by atoms with Crippen LogP contribution in [0.2, 0.25) is 0 Å². The van der Waals surface area contributed by atoms with Crippen LogP contribution in [-0.4, -0.2) is 15.6 Å². The summed E-state index contributed by atoms with van der Waals surface area (Å²) in [4.78, 5) is 11.8. The largest absolute Gasteiger partial charge is 0.299 e. The van der Waals surface area contributed by atoms with Crippen molar-refractivity contribution in [2.24, 2.45) is 5.92 Å². The van der Waals surface area contributed by atoms with Gasteiger partial charge >= 0.3 is 0 Å². The number of hydrogen-bond donors (Lipinski definition) is 0. The average molecular weight is 220 g/mol. The number of carbonyl (C=O) groups excluding carboxylic acids is 1. The summed E-state index contributed by atoms with van der Waals surface area (Å²) in [5.41, 5.74) is 2.28. The fourth-order valence-corrected chi connectivity index (χ4v) is 2.56. The van der Waals surface area contributed by atoms with Crippen LogP contribution in [0.3, 0.4) is 0 Å². The van der Waals surface area contributed by atoms with Crippen molar-refractivity contribution in [1.29, 1.82) is 0 Å². The maximum absolute atomic E-state index is 11.8. The minimum atomic E-state index is 0.246.